The zero-order chi connectivity index (χ0) is 21.4. The number of amides is 1. The SMILES string of the molecule is C/C(=N\NC(=O)Cn1c2ccccc2c2nc3cc(Cl)ccc3nc21)c1ccccc1. The van der Waals surface area contributed by atoms with Crippen LogP contribution < -0.4 is 5.43 Å². The molecule has 1 amide bonds. The largest absolute Gasteiger partial charge is 0.314 e. The summed E-state index contributed by atoms with van der Waals surface area (Å²) in [6.07, 6.45) is 0. The predicted molar refractivity (Wildman–Crippen MR) is 124 cm³/mol. The second kappa shape index (κ2) is 7.81. The van der Waals surface area contributed by atoms with E-state index >= 15 is 0 Å². The number of rotatable bonds is 4. The summed E-state index contributed by atoms with van der Waals surface area (Å²) in [5, 5.41) is 5.79. The summed E-state index contributed by atoms with van der Waals surface area (Å²) >= 11 is 6.13. The van der Waals surface area contributed by atoms with Gasteiger partial charge < -0.3 is 4.57 Å². The van der Waals surface area contributed by atoms with Crippen LogP contribution in [0.1, 0.15) is 12.5 Å². The van der Waals surface area contributed by atoms with Crippen molar-refractivity contribution in [1.82, 2.24) is 20.0 Å². The highest BCUT2D eigenvalue weighted by atomic mass is 35.5. The van der Waals surface area contributed by atoms with Crippen molar-refractivity contribution in [2.24, 2.45) is 5.10 Å². The van der Waals surface area contributed by atoms with Crippen LogP contribution in [0.5, 0.6) is 0 Å². The minimum atomic E-state index is -0.240. The van der Waals surface area contributed by atoms with Gasteiger partial charge >= 0.3 is 0 Å². The Bertz CT molecular complexity index is 1470. The van der Waals surface area contributed by atoms with Crippen LogP contribution >= 0.6 is 11.6 Å². The molecule has 2 heterocycles. The number of carbonyl (C=O) groups is 1. The number of aromatic nitrogens is 3. The number of hydrazone groups is 1. The third-order valence-electron chi connectivity index (χ3n) is 5.16. The smallest absolute Gasteiger partial charge is 0.260 e. The number of benzene rings is 3. The van der Waals surface area contributed by atoms with Crippen LogP contribution in [0.4, 0.5) is 0 Å². The lowest BCUT2D eigenvalue weighted by atomic mass is 10.1. The van der Waals surface area contributed by atoms with Gasteiger partial charge in [-0.3, -0.25) is 4.79 Å². The first-order valence-electron chi connectivity index (χ1n) is 9.83. The van der Waals surface area contributed by atoms with E-state index in [9.17, 15) is 4.79 Å². The van der Waals surface area contributed by atoms with E-state index in [1.54, 1.807) is 12.1 Å². The standard InChI is InChI=1S/C24H18ClN5O/c1-15(16-7-3-2-4-8-16)28-29-22(31)14-30-21-10-6-5-9-18(21)23-24(30)27-19-12-11-17(25)13-20(19)26-23/h2-13H,14H2,1H3,(H,29,31)/b28-15+. The van der Waals surface area contributed by atoms with Gasteiger partial charge in [0, 0.05) is 10.4 Å². The van der Waals surface area contributed by atoms with Gasteiger partial charge in [-0.25, -0.2) is 15.4 Å². The molecule has 5 rings (SSSR count). The summed E-state index contributed by atoms with van der Waals surface area (Å²) in [4.78, 5) is 22.3. The molecule has 0 fully saturated rings. The van der Waals surface area contributed by atoms with Crippen molar-refractivity contribution in [1.29, 1.82) is 0 Å². The molecule has 0 spiro atoms. The normalized spacial score (nSPS) is 12.0. The molecule has 0 atom stereocenters. The number of carbonyl (C=O) groups excluding carboxylic acids is 1. The maximum absolute atomic E-state index is 12.7. The van der Waals surface area contributed by atoms with Gasteiger partial charge in [0.1, 0.15) is 12.1 Å². The van der Waals surface area contributed by atoms with Crippen LogP contribution in [0.3, 0.4) is 0 Å². The zero-order valence-electron chi connectivity index (χ0n) is 16.7. The first-order valence-corrected chi connectivity index (χ1v) is 10.2. The van der Waals surface area contributed by atoms with E-state index in [-0.39, 0.29) is 12.5 Å². The van der Waals surface area contributed by atoms with Gasteiger partial charge in [-0.2, -0.15) is 5.10 Å². The Labute approximate surface area is 183 Å². The maximum atomic E-state index is 12.7. The van der Waals surface area contributed by atoms with Crippen molar-refractivity contribution in [3.63, 3.8) is 0 Å². The Morgan fingerprint density at radius 1 is 1.00 bits per heavy atom. The highest BCUT2D eigenvalue weighted by Gasteiger charge is 2.16. The van der Waals surface area contributed by atoms with E-state index in [0.29, 0.717) is 10.7 Å². The Balaban J connectivity index is 1.54. The summed E-state index contributed by atoms with van der Waals surface area (Å²) in [5.74, 6) is -0.240. The molecule has 31 heavy (non-hydrogen) atoms. The predicted octanol–water partition coefficient (Wildman–Crippen LogP) is 4.93. The van der Waals surface area contributed by atoms with E-state index in [4.69, 9.17) is 21.6 Å². The lowest BCUT2D eigenvalue weighted by Crippen LogP contribution is -2.24. The fourth-order valence-electron chi connectivity index (χ4n) is 3.64. The molecule has 0 unspecified atom stereocenters. The number of nitrogens with one attached hydrogen (secondary N) is 1. The molecule has 0 saturated heterocycles. The molecule has 0 saturated carbocycles. The van der Waals surface area contributed by atoms with Crippen LogP contribution in [-0.2, 0) is 11.3 Å². The van der Waals surface area contributed by atoms with Gasteiger partial charge in [0.2, 0.25) is 0 Å². The number of para-hydroxylation sites is 1. The molecular formula is C24H18ClN5O. The number of halogens is 1. The highest BCUT2D eigenvalue weighted by Crippen LogP contribution is 2.28. The minimum absolute atomic E-state index is 0.0728. The van der Waals surface area contributed by atoms with Crippen molar-refractivity contribution in [3.05, 3.63) is 83.4 Å². The zero-order valence-corrected chi connectivity index (χ0v) is 17.5. The van der Waals surface area contributed by atoms with Gasteiger partial charge in [-0.1, -0.05) is 60.1 Å². The van der Waals surface area contributed by atoms with E-state index in [0.717, 1.165) is 38.7 Å². The van der Waals surface area contributed by atoms with Crippen LogP contribution in [0.2, 0.25) is 5.02 Å². The molecule has 7 heteroatoms. The second-order valence-corrected chi connectivity index (χ2v) is 7.67. The fourth-order valence-corrected chi connectivity index (χ4v) is 3.81. The lowest BCUT2D eigenvalue weighted by molar-refractivity contribution is -0.121. The van der Waals surface area contributed by atoms with E-state index in [1.165, 1.54) is 0 Å². The van der Waals surface area contributed by atoms with Crippen LogP contribution in [0.15, 0.2) is 77.9 Å². The Hall–Kier alpha value is -3.77. The molecule has 0 aliphatic heterocycles. The molecule has 6 nitrogen and oxygen atoms in total. The molecule has 1 N–H and O–H groups in total. The third-order valence-corrected chi connectivity index (χ3v) is 5.39. The summed E-state index contributed by atoms with van der Waals surface area (Å²) in [7, 11) is 0. The molecule has 152 valence electrons. The van der Waals surface area contributed by atoms with E-state index in [2.05, 4.69) is 10.5 Å². The molecule has 5 aromatic rings. The Morgan fingerprint density at radius 3 is 2.61 bits per heavy atom. The van der Waals surface area contributed by atoms with Gasteiger partial charge in [-0.15, -0.1) is 0 Å². The quantitative estimate of drug-likeness (QED) is 0.326. The first kappa shape index (κ1) is 19.2. The van der Waals surface area contributed by atoms with E-state index in [1.807, 2.05) is 72.2 Å². The number of hydrogen-bond donors (Lipinski definition) is 1. The number of hydrogen-bond acceptors (Lipinski definition) is 4. The second-order valence-electron chi connectivity index (χ2n) is 7.23. The molecule has 0 bridgehead atoms. The number of fused-ring (bicyclic) bond motifs is 4. The summed E-state index contributed by atoms with van der Waals surface area (Å²) in [6, 6.07) is 22.9. The van der Waals surface area contributed by atoms with Crippen molar-refractivity contribution in [2.75, 3.05) is 0 Å². The summed E-state index contributed by atoms with van der Waals surface area (Å²) < 4.78 is 1.87. The highest BCUT2D eigenvalue weighted by molar-refractivity contribution is 6.31. The molecule has 3 aromatic carbocycles. The lowest BCUT2D eigenvalue weighted by Gasteiger charge is -2.07. The average Bonchev–Trinajstić information content (AvgIpc) is 3.09. The van der Waals surface area contributed by atoms with Crippen molar-refractivity contribution in [2.45, 2.75) is 13.5 Å². The minimum Gasteiger partial charge on any atom is -0.314 e. The van der Waals surface area contributed by atoms with Gasteiger partial charge in [-0.05, 0) is 36.8 Å². The van der Waals surface area contributed by atoms with Gasteiger partial charge in [0.05, 0.1) is 22.3 Å². The summed E-state index contributed by atoms with van der Waals surface area (Å²) in [5.41, 5.74) is 8.06. The Kier molecular flexibility index (Phi) is 4.84. The van der Waals surface area contributed by atoms with Gasteiger partial charge in [0.15, 0.2) is 5.65 Å². The summed E-state index contributed by atoms with van der Waals surface area (Å²) in [6.45, 7) is 1.93. The van der Waals surface area contributed by atoms with Crippen molar-refractivity contribution >= 4 is 56.3 Å². The van der Waals surface area contributed by atoms with Gasteiger partial charge in [0.25, 0.3) is 5.91 Å². The molecule has 0 aliphatic rings. The topological polar surface area (TPSA) is 72.2 Å². The van der Waals surface area contributed by atoms with Crippen LogP contribution in [0.25, 0.3) is 33.1 Å². The third kappa shape index (κ3) is 3.62. The molecular weight excluding hydrogens is 410 g/mol. The first-order chi connectivity index (χ1) is 15.1. The van der Waals surface area contributed by atoms with E-state index < -0.39 is 0 Å². The van der Waals surface area contributed by atoms with Crippen LogP contribution in [-0.4, -0.2) is 26.2 Å². The van der Waals surface area contributed by atoms with Crippen molar-refractivity contribution in [3.8, 4) is 0 Å². The molecule has 0 radical (unpaired) electrons. The number of nitrogens with zero attached hydrogens (tertiary/aromatic N) is 4. The van der Waals surface area contributed by atoms with Crippen molar-refractivity contribution < 1.29 is 4.79 Å². The monoisotopic (exact) mass is 427 g/mol. The Morgan fingerprint density at radius 2 is 1.77 bits per heavy atom. The average molecular weight is 428 g/mol. The molecule has 2 aromatic heterocycles. The molecule has 0 aliphatic carbocycles. The fraction of sp³-hybridized carbons (Fsp3) is 0.0833. The van der Waals surface area contributed by atoms with Crippen LogP contribution in [0, 0.1) is 0 Å². The maximum Gasteiger partial charge on any atom is 0.260 e.